The van der Waals surface area contributed by atoms with Gasteiger partial charge in [-0.2, -0.15) is 0 Å². The summed E-state index contributed by atoms with van der Waals surface area (Å²) in [5.74, 6) is 0. The first-order valence-electron chi connectivity index (χ1n) is 3.75. The fourth-order valence-corrected chi connectivity index (χ4v) is 2.57. The summed E-state index contributed by atoms with van der Waals surface area (Å²) in [6.45, 7) is 0. The molecule has 3 N–H and O–H groups in total. The van der Waals surface area contributed by atoms with Crippen molar-refractivity contribution in [2.75, 3.05) is 5.73 Å². The molecule has 4 heteroatoms. The zero-order chi connectivity index (χ0) is 8.13. The first-order chi connectivity index (χ1) is 5.84. The molecule has 3 nitrogen and oxygen atoms in total. The number of aromatic amines is 1. The quantitative estimate of drug-likeness (QED) is 0.548. The Balaban J connectivity index is 2.32. The van der Waals surface area contributed by atoms with Gasteiger partial charge in [-0.15, -0.1) is 11.3 Å². The number of aromatic nitrogens is 2. The van der Waals surface area contributed by atoms with Crippen molar-refractivity contribution in [2.24, 2.45) is 0 Å². The molecule has 0 aromatic carbocycles. The maximum atomic E-state index is 5.70. The molecule has 12 heavy (non-hydrogen) atoms. The number of anilines is 1. The molecule has 2 aromatic heterocycles. The lowest BCUT2D eigenvalue weighted by molar-refractivity contribution is 1.16. The van der Waals surface area contributed by atoms with Gasteiger partial charge in [-0.25, -0.2) is 4.98 Å². The third-order valence-electron chi connectivity index (χ3n) is 2.14. The summed E-state index contributed by atoms with van der Waals surface area (Å²) in [4.78, 5) is 8.71. The molecule has 2 aromatic rings. The predicted octanol–water partition coefficient (Wildman–Crippen LogP) is 1.62. The number of rotatable bonds is 0. The van der Waals surface area contributed by atoms with Gasteiger partial charge in [0.25, 0.3) is 0 Å². The summed E-state index contributed by atoms with van der Waals surface area (Å²) >= 11 is 1.66. The van der Waals surface area contributed by atoms with Crippen molar-refractivity contribution in [1.29, 1.82) is 0 Å². The molecule has 3 rings (SSSR count). The fourth-order valence-electron chi connectivity index (χ4n) is 1.63. The average molecular weight is 177 g/mol. The first-order valence-corrected chi connectivity index (χ1v) is 4.57. The van der Waals surface area contributed by atoms with E-state index in [0.717, 1.165) is 17.1 Å². The molecule has 0 unspecified atom stereocenters. The van der Waals surface area contributed by atoms with Crippen LogP contribution in [0.25, 0.3) is 11.3 Å². The van der Waals surface area contributed by atoms with Crippen molar-refractivity contribution in [2.45, 2.75) is 6.42 Å². The number of H-pyrrole nitrogens is 1. The molecular weight excluding hydrogens is 170 g/mol. The highest BCUT2D eigenvalue weighted by Crippen LogP contribution is 2.40. The van der Waals surface area contributed by atoms with Crippen LogP contribution in [0.3, 0.4) is 0 Å². The van der Waals surface area contributed by atoms with Gasteiger partial charge in [0.15, 0.2) is 0 Å². The van der Waals surface area contributed by atoms with Gasteiger partial charge in [-0.05, 0) is 6.07 Å². The second kappa shape index (κ2) is 1.90. The van der Waals surface area contributed by atoms with Gasteiger partial charge in [0.2, 0.25) is 0 Å². The molecule has 0 saturated heterocycles. The van der Waals surface area contributed by atoms with Crippen LogP contribution in [0.5, 0.6) is 0 Å². The molecule has 2 heterocycles. The second-order valence-corrected chi connectivity index (χ2v) is 4.06. The Morgan fingerprint density at radius 2 is 2.50 bits per heavy atom. The summed E-state index contributed by atoms with van der Waals surface area (Å²) in [5.41, 5.74) is 9.21. The lowest BCUT2D eigenvalue weighted by Gasteiger charge is -1.85. The molecule has 0 spiro atoms. The largest absolute Gasteiger partial charge is 0.391 e. The van der Waals surface area contributed by atoms with E-state index < -0.39 is 0 Å². The minimum absolute atomic E-state index is 0.883. The van der Waals surface area contributed by atoms with Gasteiger partial charge in [-0.3, -0.25) is 0 Å². The first kappa shape index (κ1) is 6.25. The molecule has 0 bridgehead atoms. The SMILES string of the molecule is Nc1cc2c(s1)Cc1[nH]cnc1-2. The number of thiophene rings is 1. The minimum atomic E-state index is 0.883. The zero-order valence-electron chi connectivity index (χ0n) is 6.29. The molecular formula is C8H7N3S. The van der Waals surface area contributed by atoms with E-state index in [4.69, 9.17) is 5.73 Å². The van der Waals surface area contributed by atoms with Crippen molar-refractivity contribution in [3.63, 3.8) is 0 Å². The standard InChI is InChI=1S/C8H7N3S/c9-7-1-4-6(12-7)2-5-8(4)11-3-10-5/h1,3H,2,9H2,(H,10,11). The summed E-state index contributed by atoms with van der Waals surface area (Å²) in [6.07, 6.45) is 2.70. The van der Waals surface area contributed by atoms with Crippen molar-refractivity contribution in [3.05, 3.63) is 23.0 Å². The van der Waals surface area contributed by atoms with Crippen molar-refractivity contribution in [3.8, 4) is 11.3 Å². The Labute approximate surface area is 73.3 Å². The molecule has 1 aliphatic rings. The molecule has 0 atom stereocenters. The van der Waals surface area contributed by atoms with Crippen molar-refractivity contribution in [1.82, 2.24) is 9.97 Å². The molecule has 1 aliphatic carbocycles. The molecule has 60 valence electrons. The number of nitrogen functional groups attached to an aromatic ring is 1. The minimum Gasteiger partial charge on any atom is -0.391 e. The molecule has 0 radical (unpaired) electrons. The topological polar surface area (TPSA) is 54.7 Å². The predicted molar refractivity (Wildman–Crippen MR) is 49.1 cm³/mol. The van der Waals surface area contributed by atoms with Crippen LogP contribution in [0, 0.1) is 0 Å². The number of hydrogen-bond donors (Lipinski definition) is 2. The normalized spacial score (nSPS) is 13.0. The zero-order valence-corrected chi connectivity index (χ0v) is 7.11. The summed E-state index contributed by atoms with van der Waals surface area (Å²) in [5, 5.41) is 0.883. The van der Waals surface area contributed by atoms with Crippen LogP contribution < -0.4 is 5.73 Å². The smallest absolute Gasteiger partial charge is 0.0929 e. The molecule has 0 aliphatic heterocycles. The third-order valence-corrected chi connectivity index (χ3v) is 3.10. The van der Waals surface area contributed by atoms with Gasteiger partial charge >= 0.3 is 0 Å². The van der Waals surface area contributed by atoms with E-state index in [1.165, 1.54) is 16.1 Å². The number of imidazole rings is 1. The average Bonchev–Trinajstić information content (AvgIpc) is 2.59. The Hall–Kier alpha value is -1.29. The van der Waals surface area contributed by atoms with Gasteiger partial charge in [0.1, 0.15) is 0 Å². The van der Waals surface area contributed by atoms with Crippen LogP contribution >= 0.6 is 11.3 Å². The van der Waals surface area contributed by atoms with Crippen LogP contribution in [0.4, 0.5) is 5.00 Å². The highest BCUT2D eigenvalue weighted by atomic mass is 32.1. The second-order valence-electron chi connectivity index (χ2n) is 2.89. The molecule has 0 saturated carbocycles. The van der Waals surface area contributed by atoms with Gasteiger partial charge in [-0.1, -0.05) is 0 Å². The van der Waals surface area contributed by atoms with Crippen LogP contribution in [0.1, 0.15) is 10.6 Å². The summed E-state index contributed by atoms with van der Waals surface area (Å²) in [6, 6.07) is 2.01. The third kappa shape index (κ3) is 0.628. The maximum Gasteiger partial charge on any atom is 0.0929 e. The van der Waals surface area contributed by atoms with E-state index in [-0.39, 0.29) is 0 Å². The number of hydrogen-bond acceptors (Lipinski definition) is 3. The van der Waals surface area contributed by atoms with E-state index in [0.29, 0.717) is 0 Å². The Bertz CT molecular complexity index is 441. The van der Waals surface area contributed by atoms with E-state index in [1.807, 2.05) is 6.07 Å². The van der Waals surface area contributed by atoms with E-state index >= 15 is 0 Å². The van der Waals surface area contributed by atoms with E-state index in [9.17, 15) is 0 Å². The van der Waals surface area contributed by atoms with Crippen LogP contribution in [-0.2, 0) is 6.42 Å². The van der Waals surface area contributed by atoms with Crippen LogP contribution in [-0.4, -0.2) is 9.97 Å². The van der Waals surface area contributed by atoms with Gasteiger partial charge < -0.3 is 10.7 Å². The Kier molecular flexibility index (Phi) is 0.988. The van der Waals surface area contributed by atoms with Crippen molar-refractivity contribution >= 4 is 16.3 Å². The van der Waals surface area contributed by atoms with Gasteiger partial charge in [0, 0.05) is 22.6 Å². The van der Waals surface area contributed by atoms with E-state index in [2.05, 4.69) is 9.97 Å². The van der Waals surface area contributed by atoms with Crippen LogP contribution in [0.2, 0.25) is 0 Å². The summed E-state index contributed by atoms with van der Waals surface area (Å²) in [7, 11) is 0. The van der Waals surface area contributed by atoms with Crippen molar-refractivity contribution < 1.29 is 0 Å². The lowest BCUT2D eigenvalue weighted by atomic mass is 10.3. The highest BCUT2D eigenvalue weighted by molar-refractivity contribution is 7.16. The number of nitrogens with one attached hydrogen (secondary N) is 1. The maximum absolute atomic E-state index is 5.70. The number of fused-ring (bicyclic) bond motifs is 3. The van der Waals surface area contributed by atoms with Gasteiger partial charge in [0.05, 0.1) is 17.0 Å². The number of nitrogens with zero attached hydrogens (tertiary/aromatic N) is 1. The Morgan fingerprint density at radius 3 is 3.42 bits per heavy atom. The molecule has 0 amide bonds. The van der Waals surface area contributed by atoms with Crippen LogP contribution in [0.15, 0.2) is 12.4 Å². The lowest BCUT2D eigenvalue weighted by Crippen LogP contribution is -1.79. The highest BCUT2D eigenvalue weighted by Gasteiger charge is 2.22. The number of nitrogens with two attached hydrogens (primary N) is 1. The molecule has 0 fully saturated rings. The Morgan fingerprint density at radius 1 is 1.58 bits per heavy atom. The summed E-state index contributed by atoms with van der Waals surface area (Å²) < 4.78 is 0. The van der Waals surface area contributed by atoms with E-state index in [1.54, 1.807) is 17.7 Å². The monoisotopic (exact) mass is 177 g/mol. The fraction of sp³-hybridized carbons (Fsp3) is 0.125.